The molecule has 0 saturated carbocycles. The van der Waals surface area contributed by atoms with Crippen molar-refractivity contribution < 1.29 is 9.59 Å². The Morgan fingerprint density at radius 1 is 1.35 bits per heavy atom. The molecule has 0 spiro atoms. The Balaban J connectivity index is 2.49. The molecule has 2 heterocycles. The fourth-order valence-electron chi connectivity index (χ4n) is 2.31. The Hall–Kier alpha value is -1.88. The van der Waals surface area contributed by atoms with Crippen molar-refractivity contribution in [3.05, 3.63) is 39.5 Å². The van der Waals surface area contributed by atoms with Crippen LogP contribution in [0.3, 0.4) is 0 Å². The molecule has 2 aromatic heterocycles. The molecule has 0 aliphatic rings. The molecule has 20 heavy (non-hydrogen) atoms. The second kappa shape index (κ2) is 5.63. The summed E-state index contributed by atoms with van der Waals surface area (Å²) in [5, 5.41) is 3.90. The SMILES string of the molecule is CC(=O)NCc1cc(C)sc1-n1c(C)cc(C=O)c1C. The largest absolute Gasteiger partial charge is 0.352 e. The van der Waals surface area contributed by atoms with Crippen LogP contribution in [0.4, 0.5) is 0 Å². The van der Waals surface area contributed by atoms with Gasteiger partial charge in [0.1, 0.15) is 5.00 Å². The number of thiophene rings is 1. The minimum Gasteiger partial charge on any atom is -0.352 e. The van der Waals surface area contributed by atoms with Crippen LogP contribution in [0, 0.1) is 20.8 Å². The van der Waals surface area contributed by atoms with Gasteiger partial charge in [-0.25, -0.2) is 0 Å². The van der Waals surface area contributed by atoms with E-state index in [4.69, 9.17) is 0 Å². The van der Waals surface area contributed by atoms with Crippen molar-refractivity contribution in [3.63, 3.8) is 0 Å². The number of carbonyl (C=O) groups is 2. The number of aryl methyl sites for hydroxylation is 2. The normalized spacial score (nSPS) is 10.6. The standard InChI is InChI=1S/C15H18N2O2S/c1-9-5-14(8-18)11(3)17(9)15-13(6-10(2)20-15)7-16-12(4)19/h5-6,8H,7H2,1-4H3,(H,16,19). The molecule has 0 atom stereocenters. The first-order valence-corrected chi connectivity index (χ1v) is 7.24. The Morgan fingerprint density at radius 2 is 2.05 bits per heavy atom. The van der Waals surface area contributed by atoms with Crippen LogP contribution < -0.4 is 5.32 Å². The second-order valence-corrected chi connectivity index (χ2v) is 6.11. The summed E-state index contributed by atoms with van der Waals surface area (Å²) in [5.74, 6) is -0.0469. The fourth-order valence-corrected chi connectivity index (χ4v) is 3.45. The maximum atomic E-state index is 11.1. The van der Waals surface area contributed by atoms with Gasteiger partial charge in [0.2, 0.25) is 5.91 Å². The molecule has 2 rings (SSSR count). The number of aldehydes is 1. The van der Waals surface area contributed by atoms with Crippen molar-refractivity contribution in [1.29, 1.82) is 0 Å². The summed E-state index contributed by atoms with van der Waals surface area (Å²) in [6.45, 7) is 7.98. The predicted octanol–water partition coefficient (Wildman–Crippen LogP) is 2.91. The number of hydrogen-bond acceptors (Lipinski definition) is 3. The van der Waals surface area contributed by atoms with Crippen LogP contribution >= 0.6 is 11.3 Å². The molecule has 0 unspecified atom stereocenters. The molecule has 4 nitrogen and oxygen atoms in total. The Morgan fingerprint density at radius 3 is 2.60 bits per heavy atom. The van der Waals surface area contributed by atoms with E-state index in [1.165, 1.54) is 11.8 Å². The fraction of sp³-hybridized carbons (Fsp3) is 0.333. The van der Waals surface area contributed by atoms with Crippen molar-refractivity contribution in [2.75, 3.05) is 0 Å². The van der Waals surface area contributed by atoms with E-state index in [1.54, 1.807) is 11.3 Å². The van der Waals surface area contributed by atoms with Crippen LogP contribution in [-0.2, 0) is 11.3 Å². The van der Waals surface area contributed by atoms with Crippen LogP contribution in [0.15, 0.2) is 12.1 Å². The van der Waals surface area contributed by atoms with Crippen molar-refractivity contribution in [2.45, 2.75) is 34.2 Å². The highest BCUT2D eigenvalue weighted by Crippen LogP contribution is 2.30. The lowest BCUT2D eigenvalue weighted by Crippen LogP contribution is -2.19. The quantitative estimate of drug-likeness (QED) is 0.880. The number of amides is 1. The molecule has 0 radical (unpaired) electrons. The highest BCUT2D eigenvalue weighted by molar-refractivity contribution is 7.14. The summed E-state index contributed by atoms with van der Waals surface area (Å²) in [6.07, 6.45) is 0.882. The van der Waals surface area contributed by atoms with Gasteiger partial charge in [0.25, 0.3) is 0 Å². The van der Waals surface area contributed by atoms with E-state index in [0.717, 1.165) is 28.2 Å². The van der Waals surface area contributed by atoms with E-state index < -0.39 is 0 Å². The van der Waals surface area contributed by atoms with Gasteiger partial charge < -0.3 is 9.88 Å². The zero-order chi connectivity index (χ0) is 14.9. The van der Waals surface area contributed by atoms with E-state index in [0.29, 0.717) is 12.1 Å². The molecular weight excluding hydrogens is 272 g/mol. The van der Waals surface area contributed by atoms with Crippen molar-refractivity contribution >= 4 is 23.5 Å². The summed E-state index contributed by atoms with van der Waals surface area (Å²) in [6, 6.07) is 3.97. The van der Waals surface area contributed by atoms with Crippen LogP contribution in [0.2, 0.25) is 0 Å². The lowest BCUT2D eigenvalue weighted by Gasteiger charge is -2.10. The van der Waals surface area contributed by atoms with Crippen molar-refractivity contribution in [1.82, 2.24) is 9.88 Å². The second-order valence-electron chi connectivity index (χ2n) is 4.88. The van der Waals surface area contributed by atoms with Gasteiger partial charge in [-0.15, -0.1) is 11.3 Å². The van der Waals surface area contributed by atoms with E-state index >= 15 is 0 Å². The average molecular weight is 290 g/mol. The van der Waals surface area contributed by atoms with Gasteiger partial charge in [0.15, 0.2) is 6.29 Å². The third kappa shape index (κ3) is 2.67. The van der Waals surface area contributed by atoms with E-state index in [-0.39, 0.29) is 5.91 Å². The zero-order valence-electron chi connectivity index (χ0n) is 12.1. The topological polar surface area (TPSA) is 51.1 Å². The third-order valence-corrected chi connectivity index (χ3v) is 4.32. The molecule has 5 heteroatoms. The van der Waals surface area contributed by atoms with Gasteiger partial charge in [-0.2, -0.15) is 0 Å². The Bertz CT molecular complexity index is 668. The monoisotopic (exact) mass is 290 g/mol. The first-order chi connectivity index (χ1) is 9.43. The molecule has 2 aromatic rings. The summed E-state index contributed by atoms with van der Waals surface area (Å²) < 4.78 is 2.08. The molecule has 106 valence electrons. The predicted molar refractivity (Wildman–Crippen MR) is 80.8 cm³/mol. The van der Waals surface area contributed by atoms with Crippen molar-refractivity contribution in [2.24, 2.45) is 0 Å². The van der Waals surface area contributed by atoms with E-state index in [2.05, 4.69) is 16.0 Å². The lowest BCUT2D eigenvalue weighted by molar-refractivity contribution is -0.119. The summed E-state index contributed by atoms with van der Waals surface area (Å²) in [4.78, 5) is 23.3. The van der Waals surface area contributed by atoms with E-state index in [1.807, 2.05) is 26.8 Å². The van der Waals surface area contributed by atoms with Gasteiger partial charge in [-0.1, -0.05) is 0 Å². The van der Waals surface area contributed by atoms with Gasteiger partial charge in [-0.05, 0) is 32.9 Å². The molecular formula is C15H18N2O2S. The smallest absolute Gasteiger partial charge is 0.217 e. The maximum absolute atomic E-state index is 11.1. The van der Waals surface area contributed by atoms with E-state index in [9.17, 15) is 9.59 Å². The van der Waals surface area contributed by atoms with Gasteiger partial charge >= 0.3 is 0 Å². The third-order valence-electron chi connectivity index (χ3n) is 3.24. The molecule has 0 aliphatic heterocycles. The first-order valence-electron chi connectivity index (χ1n) is 6.42. The Kier molecular flexibility index (Phi) is 4.09. The highest BCUT2D eigenvalue weighted by Gasteiger charge is 2.15. The average Bonchev–Trinajstić information content (AvgIpc) is 2.87. The summed E-state index contributed by atoms with van der Waals surface area (Å²) in [5.41, 5.74) is 3.74. The number of aromatic nitrogens is 1. The number of hydrogen-bond donors (Lipinski definition) is 1. The van der Waals surface area contributed by atoms with Crippen LogP contribution in [0.5, 0.6) is 0 Å². The molecule has 0 fully saturated rings. The summed E-state index contributed by atoms with van der Waals surface area (Å²) in [7, 11) is 0. The minimum absolute atomic E-state index is 0.0469. The van der Waals surface area contributed by atoms with Crippen LogP contribution in [0.25, 0.3) is 5.00 Å². The Labute approximate surface area is 122 Å². The minimum atomic E-state index is -0.0469. The number of nitrogens with one attached hydrogen (secondary N) is 1. The highest BCUT2D eigenvalue weighted by atomic mass is 32.1. The molecule has 0 saturated heterocycles. The lowest BCUT2D eigenvalue weighted by atomic mass is 10.2. The number of nitrogens with zero attached hydrogens (tertiary/aromatic N) is 1. The van der Waals surface area contributed by atoms with Crippen LogP contribution in [0.1, 0.15) is 39.1 Å². The molecule has 0 bridgehead atoms. The van der Waals surface area contributed by atoms with Crippen molar-refractivity contribution in [3.8, 4) is 5.00 Å². The number of carbonyl (C=O) groups excluding carboxylic acids is 2. The summed E-state index contributed by atoms with van der Waals surface area (Å²) >= 11 is 1.67. The van der Waals surface area contributed by atoms with Gasteiger partial charge in [0.05, 0.1) is 0 Å². The molecule has 0 aromatic carbocycles. The molecule has 1 N–H and O–H groups in total. The zero-order valence-corrected chi connectivity index (χ0v) is 12.9. The maximum Gasteiger partial charge on any atom is 0.217 e. The van der Waals surface area contributed by atoms with Gasteiger partial charge in [-0.3, -0.25) is 9.59 Å². The molecule has 0 aliphatic carbocycles. The van der Waals surface area contributed by atoms with Gasteiger partial charge in [0, 0.05) is 40.9 Å². The number of rotatable bonds is 4. The first kappa shape index (κ1) is 14.5. The van der Waals surface area contributed by atoms with Crippen LogP contribution in [-0.4, -0.2) is 16.8 Å². The molecule has 1 amide bonds.